The van der Waals surface area contributed by atoms with Crippen LogP contribution in [0.25, 0.3) is 0 Å². The van der Waals surface area contributed by atoms with Crippen molar-refractivity contribution in [2.45, 2.75) is 6.04 Å². The molecule has 0 radical (unpaired) electrons. The molecule has 0 saturated carbocycles. The third-order valence-corrected chi connectivity index (χ3v) is 2.02. The van der Waals surface area contributed by atoms with Gasteiger partial charge >= 0.3 is 6.03 Å². The Balaban J connectivity index is 2.36. The van der Waals surface area contributed by atoms with Gasteiger partial charge in [-0.25, -0.2) is 4.79 Å². The van der Waals surface area contributed by atoms with Crippen molar-refractivity contribution in [1.29, 1.82) is 0 Å². The van der Waals surface area contributed by atoms with Crippen molar-refractivity contribution < 1.29 is 14.7 Å². The molecule has 5 nitrogen and oxygen atoms in total. The minimum Gasteiger partial charge on any atom is -0.508 e. The number of rotatable bonds is 1. The molecule has 0 aromatic heterocycles. The average molecular weight is 192 g/mol. The molecule has 1 saturated heterocycles. The van der Waals surface area contributed by atoms with E-state index in [0.717, 1.165) is 0 Å². The van der Waals surface area contributed by atoms with Crippen molar-refractivity contribution >= 4 is 11.9 Å². The predicted molar refractivity (Wildman–Crippen MR) is 47.5 cm³/mol. The van der Waals surface area contributed by atoms with Gasteiger partial charge in [0.2, 0.25) is 0 Å². The van der Waals surface area contributed by atoms with Crippen molar-refractivity contribution in [3.8, 4) is 5.75 Å². The number of phenols is 1. The first kappa shape index (κ1) is 8.55. The largest absolute Gasteiger partial charge is 0.508 e. The molecule has 3 amide bonds. The van der Waals surface area contributed by atoms with Gasteiger partial charge in [0, 0.05) is 5.56 Å². The van der Waals surface area contributed by atoms with Gasteiger partial charge in [-0.1, -0.05) is 18.2 Å². The summed E-state index contributed by atoms with van der Waals surface area (Å²) in [6.45, 7) is 0. The number of para-hydroxylation sites is 1. The van der Waals surface area contributed by atoms with Crippen LogP contribution in [-0.4, -0.2) is 17.0 Å². The zero-order chi connectivity index (χ0) is 10.1. The van der Waals surface area contributed by atoms with E-state index >= 15 is 0 Å². The first-order valence-electron chi connectivity index (χ1n) is 4.08. The molecule has 1 aliphatic heterocycles. The van der Waals surface area contributed by atoms with Crippen molar-refractivity contribution in [3.05, 3.63) is 29.8 Å². The second kappa shape index (κ2) is 3.02. The average Bonchev–Trinajstić information content (AvgIpc) is 2.46. The number of imide groups is 1. The van der Waals surface area contributed by atoms with Crippen LogP contribution >= 0.6 is 0 Å². The van der Waals surface area contributed by atoms with Gasteiger partial charge in [0.25, 0.3) is 5.91 Å². The fourth-order valence-electron chi connectivity index (χ4n) is 1.37. The van der Waals surface area contributed by atoms with Gasteiger partial charge in [-0.3, -0.25) is 10.1 Å². The van der Waals surface area contributed by atoms with Crippen LogP contribution in [0.5, 0.6) is 5.75 Å². The van der Waals surface area contributed by atoms with E-state index in [1.54, 1.807) is 18.2 Å². The summed E-state index contributed by atoms with van der Waals surface area (Å²) in [5.41, 5.74) is 0.399. The quantitative estimate of drug-likeness (QED) is 0.559. The highest BCUT2D eigenvalue weighted by Crippen LogP contribution is 2.25. The van der Waals surface area contributed by atoms with Crippen LogP contribution in [0, 0.1) is 0 Å². The number of carbonyl (C=O) groups is 2. The van der Waals surface area contributed by atoms with Gasteiger partial charge in [-0.05, 0) is 6.07 Å². The van der Waals surface area contributed by atoms with Crippen LogP contribution < -0.4 is 10.6 Å². The Bertz CT molecular complexity index is 403. The number of nitrogens with one attached hydrogen (secondary N) is 2. The summed E-state index contributed by atoms with van der Waals surface area (Å²) >= 11 is 0. The van der Waals surface area contributed by atoms with Crippen LogP contribution in [0.15, 0.2) is 24.3 Å². The first-order chi connectivity index (χ1) is 6.68. The first-order valence-corrected chi connectivity index (χ1v) is 4.08. The molecule has 1 fully saturated rings. The Labute approximate surface area is 79.7 Å². The van der Waals surface area contributed by atoms with E-state index in [1.807, 2.05) is 0 Å². The van der Waals surface area contributed by atoms with Gasteiger partial charge in [0.1, 0.15) is 11.8 Å². The van der Waals surface area contributed by atoms with Gasteiger partial charge < -0.3 is 10.4 Å². The monoisotopic (exact) mass is 192 g/mol. The summed E-state index contributed by atoms with van der Waals surface area (Å²) < 4.78 is 0. The number of hydrogen-bond acceptors (Lipinski definition) is 3. The summed E-state index contributed by atoms with van der Waals surface area (Å²) in [7, 11) is 0. The summed E-state index contributed by atoms with van der Waals surface area (Å²) in [4.78, 5) is 22.1. The zero-order valence-corrected chi connectivity index (χ0v) is 7.15. The maximum atomic E-state index is 11.2. The summed E-state index contributed by atoms with van der Waals surface area (Å²) in [5, 5.41) is 13.9. The lowest BCUT2D eigenvalue weighted by Gasteiger charge is -2.08. The maximum absolute atomic E-state index is 11.2. The van der Waals surface area contributed by atoms with Crippen LogP contribution in [0.3, 0.4) is 0 Å². The van der Waals surface area contributed by atoms with Crippen LogP contribution in [0.2, 0.25) is 0 Å². The standard InChI is InChI=1S/C9H8N2O3/c12-6-4-2-1-3-5(6)7-8(13)11-9(14)10-7/h1-4,7,12H,(H2,10,11,13,14)/t7-/m0/s1. The van der Waals surface area contributed by atoms with Crippen molar-refractivity contribution in [3.63, 3.8) is 0 Å². The third-order valence-electron chi connectivity index (χ3n) is 2.02. The fourth-order valence-corrected chi connectivity index (χ4v) is 1.37. The molecule has 1 aromatic carbocycles. The molecule has 0 spiro atoms. The van der Waals surface area contributed by atoms with Gasteiger partial charge in [0.15, 0.2) is 0 Å². The number of phenolic OH excluding ortho intramolecular Hbond substituents is 1. The molecule has 1 atom stereocenters. The van der Waals surface area contributed by atoms with Crippen molar-refractivity contribution in [1.82, 2.24) is 10.6 Å². The topological polar surface area (TPSA) is 78.4 Å². The second-order valence-electron chi connectivity index (χ2n) is 2.95. The van der Waals surface area contributed by atoms with E-state index in [4.69, 9.17) is 0 Å². The Kier molecular flexibility index (Phi) is 1.85. The number of benzene rings is 1. The Hall–Kier alpha value is -2.04. The lowest BCUT2D eigenvalue weighted by molar-refractivity contribution is -0.120. The molecule has 14 heavy (non-hydrogen) atoms. The molecule has 5 heteroatoms. The van der Waals surface area contributed by atoms with Crippen LogP contribution in [0.1, 0.15) is 11.6 Å². The SMILES string of the molecule is O=C1NC(=O)[C@H](c2ccccc2O)N1. The highest BCUT2D eigenvalue weighted by atomic mass is 16.3. The number of carbonyl (C=O) groups excluding carboxylic acids is 2. The summed E-state index contributed by atoms with van der Waals surface area (Å²) in [6.07, 6.45) is 0. The van der Waals surface area contributed by atoms with E-state index in [2.05, 4.69) is 10.6 Å². The minimum atomic E-state index is -0.788. The number of urea groups is 1. The molecular weight excluding hydrogens is 184 g/mol. The molecule has 72 valence electrons. The molecule has 0 aliphatic carbocycles. The van der Waals surface area contributed by atoms with Crippen LogP contribution in [-0.2, 0) is 4.79 Å². The molecule has 1 aliphatic rings. The number of aromatic hydroxyl groups is 1. The lowest BCUT2D eigenvalue weighted by atomic mass is 10.1. The third kappa shape index (κ3) is 1.28. The van der Waals surface area contributed by atoms with Crippen LogP contribution in [0.4, 0.5) is 4.79 Å². The summed E-state index contributed by atoms with van der Waals surface area (Å²) in [6, 6.07) is 5.06. The molecular formula is C9H8N2O3. The predicted octanol–water partition coefficient (Wildman–Crippen LogP) is 0.273. The Morgan fingerprint density at radius 2 is 1.93 bits per heavy atom. The zero-order valence-electron chi connectivity index (χ0n) is 7.15. The van der Waals surface area contributed by atoms with Gasteiger partial charge in [0.05, 0.1) is 0 Å². The smallest absolute Gasteiger partial charge is 0.322 e. The van der Waals surface area contributed by atoms with Gasteiger partial charge in [-0.15, -0.1) is 0 Å². The maximum Gasteiger partial charge on any atom is 0.322 e. The normalized spacial score (nSPS) is 20.4. The molecule has 1 aromatic rings. The molecule has 3 N–H and O–H groups in total. The van der Waals surface area contributed by atoms with Crippen molar-refractivity contribution in [2.24, 2.45) is 0 Å². The highest BCUT2D eigenvalue weighted by Gasteiger charge is 2.32. The molecule has 2 rings (SSSR count). The number of amides is 3. The molecule has 0 unspecified atom stereocenters. The van der Waals surface area contributed by atoms with E-state index in [-0.39, 0.29) is 5.75 Å². The molecule has 0 bridgehead atoms. The summed E-state index contributed by atoms with van der Waals surface area (Å²) in [5.74, 6) is -0.452. The lowest BCUT2D eigenvalue weighted by Crippen LogP contribution is -2.22. The van der Waals surface area contributed by atoms with E-state index < -0.39 is 18.0 Å². The van der Waals surface area contributed by atoms with Crippen molar-refractivity contribution in [2.75, 3.05) is 0 Å². The van der Waals surface area contributed by atoms with E-state index in [1.165, 1.54) is 6.07 Å². The van der Waals surface area contributed by atoms with E-state index in [9.17, 15) is 14.7 Å². The Morgan fingerprint density at radius 1 is 1.21 bits per heavy atom. The highest BCUT2D eigenvalue weighted by molar-refractivity contribution is 6.04. The second-order valence-corrected chi connectivity index (χ2v) is 2.95. The van der Waals surface area contributed by atoms with E-state index in [0.29, 0.717) is 5.56 Å². The Morgan fingerprint density at radius 3 is 2.50 bits per heavy atom. The molecule has 1 heterocycles. The van der Waals surface area contributed by atoms with Gasteiger partial charge in [-0.2, -0.15) is 0 Å². The fraction of sp³-hybridized carbons (Fsp3) is 0.111. The minimum absolute atomic E-state index is 0.00477. The number of hydrogen-bond donors (Lipinski definition) is 3.